The number of piperidine rings is 1. The van der Waals surface area contributed by atoms with E-state index in [9.17, 15) is 10.1 Å². The Balaban J connectivity index is 1.61. The van der Waals surface area contributed by atoms with Crippen LogP contribution in [-0.4, -0.2) is 29.5 Å². The van der Waals surface area contributed by atoms with Gasteiger partial charge in [0.25, 0.3) is 5.69 Å². The number of furan rings is 1. The summed E-state index contributed by atoms with van der Waals surface area (Å²) in [5, 5.41) is 14.3. The standard InChI is InChI=1S/C18H23N3O3/c22-21(23)16-7-4-6-15(12-16)13-19-14-17(18-8-5-11-24-18)20-9-2-1-3-10-20/h4-8,11-12,17,19H,1-3,9-10,13-14H2. The van der Waals surface area contributed by atoms with Crippen molar-refractivity contribution in [3.63, 3.8) is 0 Å². The first kappa shape index (κ1) is 16.7. The third kappa shape index (κ3) is 4.21. The molecule has 1 unspecified atom stereocenters. The molecule has 1 atom stereocenters. The molecule has 2 heterocycles. The summed E-state index contributed by atoms with van der Waals surface area (Å²) >= 11 is 0. The Morgan fingerprint density at radius 1 is 1.21 bits per heavy atom. The van der Waals surface area contributed by atoms with Crippen molar-refractivity contribution in [2.45, 2.75) is 31.8 Å². The fourth-order valence-corrected chi connectivity index (χ4v) is 3.25. The van der Waals surface area contributed by atoms with Crippen LogP contribution in [0.15, 0.2) is 47.1 Å². The zero-order valence-corrected chi connectivity index (χ0v) is 13.7. The number of benzene rings is 1. The van der Waals surface area contributed by atoms with Gasteiger partial charge in [0.2, 0.25) is 0 Å². The maximum Gasteiger partial charge on any atom is 0.269 e. The van der Waals surface area contributed by atoms with Crippen molar-refractivity contribution in [1.82, 2.24) is 10.2 Å². The number of nitro benzene ring substituents is 1. The Kier molecular flexibility index (Phi) is 5.61. The Hall–Kier alpha value is -2.18. The SMILES string of the molecule is O=[N+]([O-])c1cccc(CNCC(c2ccco2)N2CCCCC2)c1. The Bertz CT molecular complexity index is 651. The number of nitrogens with zero attached hydrogens (tertiary/aromatic N) is 2. The highest BCUT2D eigenvalue weighted by Crippen LogP contribution is 2.24. The molecular formula is C18H23N3O3. The van der Waals surface area contributed by atoms with Crippen LogP contribution in [-0.2, 0) is 6.54 Å². The first-order chi connectivity index (χ1) is 11.7. The van der Waals surface area contributed by atoms with Gasteiger partial charge in [-0.1, -0.05) is 18.6 Å². The van der Waals surface area contributed by atoms with Gasteiger partial charge in [-0.25, -0.2) is 0 Å². The van der Waals surface area contributed by atoms with Crippen molar-refractivity contribution in [2.24, 2.45) is 0 Å². The number of nitrogens with one attached hydrogen (secondary N) is 1. The highest BCUT2D eigenvalue weighted by atomic mass is 16.6. The second kappa shape index (κ2) is 8.08. The number of hydrogen-bond donors (Lipinski definition) is 1. The second-order valence-electron chi connectivity index (χ2n) is 6.19. The lowest BCUT2D eigenvalue weighted by Crippen LogP contribution is -2.38. The molecule has 1 fully saturated rings. The molecule has 0 aliphatic carbocycles. The predicted octanol–water partition coefficient (Wildman–Crippen LogP) is 3.50. The van der Waals surface area contributed by atoms with Crippen LogP contribution in [0.1, 0.15) is 36.6 Å². The average Bonchev–Trinajstić information content (AvgIpc) is 3.14. The predicted molar refractivity (Wildman–Crippen MR) is 91.7 cm³/mol. The van der Waals surface area contributed by atoms with Crippen molar-refractivity contribution in [1.29, 1.82) is 0 Å². The van der Waals surface area contributed by atoms with E-state index in [2.05, 4.69) is 10.2 Å². The van der Waals surface area contributed by atoms with Crippen LogP contribution in [0, 0.1) is 10.1 Å². The summed E-state index contributed by atoms with van der Waals surface area (Å²) in [5.41, 5.74) is 1.05. The molecule has 1 saturated heterocycles. The smallest absolute Gasteiger partial charge is 0.269 e. The molecule has 0 bridgehead atoms. The molecule has 6 nitrogen and oxygen atoms in total. The van der Waals surface area contributed by atoms with E-state index in [0.29, 0.717) is 6.54 Å². The number of nitro groups is 1. The zero-order chi connectivity index (χ0) is 16.8. The highest BCUT2D eigenvalue weighted by Gasteiger charge is 2.24. The molecular weight excluding hydrogens is 306 g/mol. The topological polar surface area (TPSA) is 71.5 Å². The minimum absolute atomic E-state index is 0.132. The molecule has 3 rings (SSSR count). The van der Waals surface area contributed by atoms with Gasteiger partial charge in [-0.3, -0.25) is 15.0 Å². The Morgan fingerprint density at radius 2 is 2.04 bits per heavy atom. The van der Waals surface area contributed by atoms with Crippen molar-refractivity contribution in [3.05, 3.63) is 64.1 Å². The largest absolute Gasteiger partial charge is 0.468 e. The van der Waals surface area contributed by atoms with Gasteiger partial charge in [0.1, 0.15) is 5.76 Å². The summed E-state index contributed by atoms with van der Waals surface area (Å²) in [5.74, 6) is 0.975. The van der Waals surface area contributed by atoms with Crippen molar-refractivity contribution in [3.8, 4) is 0 Å². The molecule has 0 radical (unpaired) electrons. The molecule has 6 heteroatoms. The van der Waals surface area contributed by atoms with Gasteiger partial charge in [-0.2, -0.15) is 0 Å². The lowest BCUT2D eigenvalue weighted by Gasteiger charge is -2.33. The van der Waals surface area contributed by atoms with E-state index in [1.807, 2.05) is 18.2 Å². The van der Waals surface area contributed by atoms with Crippen molar-refractivity contribution >= 4 is 5.69 Å². The summed E-state index contributed by atoms with van der Waals surface area (Å²) in [7, 11) is 0. The number of rotatable bonds is 7. The maximum atomic E-state index is 10.9. The van der Waals surface area contributed by atoms with Crippen LogP contribution in [0.4, 0.5) is 5.69 Å². The van der Waals surface area contributed by atoms with Gasteiger partial charge >= 0.3 is 0 Å². The summed E-state index contributed by atoms with van der Waals surface area (Å²) in [6, 6.07) is 10.9. The number of hydrogen-bond acceptors (Lipinski definition) is 5. The van der Waals surface area contributed by atoms with Gasteiger partial charge in [0.15, 0.2) is 0 Å². The van der Waals surface area contributed by atoms with Crippen LogP contribution in [0.25, 0.3) is 0 Å². The molecule has 2 aromatic rings. The molecule has 24 heavy (non-hydrogen) atoms. The third-order valence-electron chi connectivity index (χ3n) is 4.49. The molecule has 128 valence electrons. The van der Waals surface area contributed by atoms with E-state index >= 15 is 0 Å². The van der Waals surface area contributed by atoms with Crippen LogP contribution in [0.5, 0.6) is 0 Å². The molecule has 1 aromatic carbocycles. The van der Waals surface area contributed by atoms with Crippen LogP contribution in [0.2, 0.25) is 0 Å². The molecule has 1 aromatic heterocycles. The maximum absolute atomic E-state index is 10.9. The molecule has 1 N–H and O–H groups in total. The first-order valence-electron chi connectivity index (χ1n) is 8.45. The summed E-state index contributed by atoms with van der Waals surface area (Å²) in [6.45, 7) is 3.54. The summed E-state index contributed by atoms with van der Waals surface area (Å²) in [4.78, 5) is 13.0. The normalized spacial score (nSPS) is 16.8. The van der Waals surface area contributed by atoms with Crippen molar-refractivity contribution in [2.75, 3.05) is 19.6 Å². The highest BCUT2D eigenvalue weighted by molar-refractivity contribution is 5.34. The third-order valence-corrected chi connectivity index (χ3v) is 4.49. The first-order valence-corrected chi connectivity index (χ1v) is 8.45. The Morgan fingerprint density at radius 3 is 2.75 bits per heavy atom. The number of likely N-dealkylation sites (tertiary alicyclic amines) is 1. The quantitative estimate of drug-likeness (QED) is 0.622. The van der Waals surface area contributed by atoms with Gasteiger partial charge in [0, 0.05) is 25.2 Å². The van der Waals surface area contributed by atoms with E-state index in [1.54, 1.807) is 18.4 Å². The lowest BCUT2D eigenvalue weighted by atomic mass is 10.1. The van der Waals surface area contributed by atoms with E-state index in [-0.39, 0.29) is 16.7 Å². The molecule has 1 aliphatic heterocycles. The fraction of sp³-hybridized carbons (Fsp3) is 0.444. The van der Waals surface area contributed by atoms with Gasteiger partial charge < -0.3 is 9.73 Å². The van der Waals surface area contributed by atoms with Crippen LogP contribution in [0.3, 0.4) is 0 Å². The molecule has 0 amide bonds. The summed E-state index contributed by atoms with van der Waals surface area (Å²) in [6.07, 6.45) is 5.46. The molecule has 0 spiro atoms. The minimum atomic E-state index is -0.358. The minimum Gasteiger partial charge on any atom is -0.468 e. The van der Waals surface area contributed by atoms with Gasteiger partial charge in [-0.05, 0) is 43.6 Å². The van der Waals surface area contributed by atoms with E-state index in [1.165, 1.54) is 25.3 Å². The Labute approximate surface area is 141 Å². The zero-order valence-electron chi connectivity index (χ0n) is 13.7. The molecule has 0 saturated carbocycles. The van der Waals surface area contributed by atoms with Gasteiger partial charge in [-0.15, -0.1) is 0 Å². The van der Waals surface area contributed by atoms with E-state index in [0.717, 1.165) is 31.0 Å². The van der Waals surface area contributed by atoms with Crippen molar-refractivity contribution < 1.29 is 9.34 Å². The van der Waals surface area contributed by atoms with Gasteiger partial charge in [0.05, 0.1) is 17.2 Å². The lowest BCUT2D eigenvalue weighted by molar-refractivity contribution is -0.384. The van der Waals surface area contributed by atoms with E-state index in [4.69, 9.17) is 4.42 Å². The van der Waals surface area contributed by atoms with Crippen LogP contribution >= 0.6 is 0 Å². The average molecular weight is 329 g/mol. The molecule has 1 aliphatic rings. The second-order valence-corrected chi connectivity index (χ2v) is 6.19. The van der Waals surface area contributed by atoms with Crippen LogP contribution < -0.4 is 5.32 Å². The monoisotopic (exact) mass is 329 g/mol. The van der Waals surface area contributed by atoms with E-state index < -0.39 is 0 Å². The number of non-ortho nitro benzene ring substituents is 1. The summed E-state index contributed by atoms with van der Waals surface area (Å²) < 4.78 is 5.63. The fourth-order valence-electron chi connectivity index (χ4n) is 3.25.